The fourth-order valence-corrected chi connectivity index (χ4v) is 2.45. The third-order valence-electron chi connectivity index (χ3n) is 4.13. The lowest BCUT2D eigenvalue weighted by atomic mass is 10.2. The standard InChI is InChI=1S/C20H18FN3O3/c1-13-9-10-15(20(26)24(13)2)18(25)23-12-14-6-5-11-22-19(14)27-17-8-4-3-7-16(17)21/h3-11H,12H2,1-2H3,(H,23,25). The third-order valence-corrected chi connectivity index (χ3v) is 4.13. The summed E-state index contributed by atoms with van der Waals surface area (Å²) in [4.78, 5) is 28.7. The number of ether oxygens (including phenoxy) is 1. The van der Waals surface area contributed by atoms with E-state index in [1.165, 1.54) is 29.0 Å². The molecule has 2 aromatic heterocycles. The molecule has 3 rings (SSSR count). The van der Waals surface area contributed by atoms with Crippen molar-refractivity contribution in [2.45, 2.75) is 13.5 Å². The molecule has 0 aliphatic heterocycles. The van der Waals surface area contributed by atoms with Gasteiger partial charge in [0.25, 0.3) is 11.5 Å². The van der Waals surface area contributed by atoms with Crippen LogP contribution in [0.2, 0.25) is 0 Å². The summed E-state index contributed by atoms with van der Waals surface area (Å²) in [6.45, 7) is 1.86. The molecule has 0 aliphatic rings. The molecule has 0 radical (unpaired) electrons. The topological polar surface area (TPSA) is 73.2 Å². The number of amides is 1. The van der Waals surface area contributed by atoms with Gasteiger partial charge in [-0.05, 0) is 37.3 Å². The molecule has 0 unspecified atom stereocenters. The Morgan fingerprint density at radius 1 is 1.19 bits per heavy atom. The Kier molecular flexibility index (Phi) is 5.30. The van der Waals surface area contributed by atoms with Crippen molar-refractivity contribution in [2.24, 2.45) is 7.05 Å². The van der Waals surface area contributed by atoms with Crippen LogP contribution in [0.4, 0.5) is 4.39 Å². The number of aryl methyl sites for hydroxylation is 1. The van der Waals surface area contributed by atoms with Crippen LogP contribution in [0.1, 0.15) is 21.6 Å². The van der Waals surface area contributed by atoms with Crippen molar-refractivity contribution in [2.75, 3.05) is 0 Å². The molecule has 1 amide bonds. The highest BCUT2D eigenvalue weighted by Gasteiger charge is 2.14. The number of para-hydroxylation sites is 1. The van der Waals surface area contributed by atoms with E-state index in [1.807, 2.05) is 0 Å². The Morgan fingerprint density at radius 3 is 2.74 bits per heavy atom. The van der Waals surface area contributed by atoms with E-state index in [1.54, 1.807) is 44.3 Å². The average Bonchev–Trinajstić information content (AvgIpc) is 2.67. The van der Waals surface area contributed by atoms with Crippen molar-refractivity contribution in [1.29, 1.82) is 0 Å². The van der Waals surface area contributed by atoms with Crippen molar-refractivity contribution >= 4 is 5.91 Å². The summed E-state index contributed by atoms with van der Waals surface area (Å²) in [5.74, 6) is -0.798. The smallest absolute Gasteiger partial charge is 0.263 e. The van der Waals surface area contributed by atoms with E-state index in [0.717, 1.165) is 5.69 Å². The molecule has 0 atom stereocenters. The number of nitrogens with zero attached hydrogens (tertiary/aromatic N) is 2. The van der Waals surface area contributed by atoms with Crippen molar-refractivity contribution in [3.8, 4) is 11.6 Å². The molecular formula is C20H18FN3O3. The zero-order valence-electron chi connectivity index (χ0n) is 14.9. The molecule has 138 valence electrons. The molecule has 0 saturated heterocycles. The lowest BCUT2D eigenvalue weighted by Gasteiger charge is -2.12. The number of hydrogen-bond acceptors (Lipinski definition) is 4. The van der Waals surface area contributed by atoms with Crippen LogP contribution >= 0.6 is 0 Å². The van der Waals surface area contributed by atoms with Crippen LogP contribution in [-0.4, -0.2) is 15.5 Å². The van der Waals surface area contributed by atoms with Crippen molar-refractivity contribution in [3.63, 3.8) is 0 Å². The SMILES string of the molecule is Cc1ccc(C(=O)NCc2cccnc2Oc2ccccc2F)c(=O)n1C. The van der Waals surface area contributed by atoms with Gasteiger partial charge in [-0.15, -0.1) is 0 Å². The Balaban J connectivity index is 1.77. The zero-order chi connectivity index (χ0) is 19.4. The Labute approximate surface area is 155 Å². The van der Waals surface area contributed by atoms with E-state index in [2.05, 4.69) is 10.3 Å². The van der Waals surface area contributed by atoms with Gasteiger partial charge in [0.2, 0.25) is 5.88 Å². The van der Waals surface area contributed by atoms with E-state index >= 15 is 0 Å². The second-order valence-corrected chi connectivity index (χ2v) is 5.94. The van der Waals surface area contributed by atoms with Gasteiger partial charge < -0.3 is 14.6 Å². The van der Waals surface area contributed by atoms with Crippen LogP contribution in [0.15, 0.2) is 59.5 Å². The van der Waals surface area contributed by atoms with Gasteiger partial charge >= 0.3 is 0 Å². The molecule has 1 aromatic carbocycles. The van der Waals surface area contributed by atoms with Crippen molar-refractivity contribution < 1.29 is 13.9 Å². The van der Waals surface area contributed by atoms with Crippen LogP contribution in [0.5, 0.6) is 11.6 Å². The lowest BCUT2D eigenvalue weighted by molar-refractivity contribution is 0.0948. The molecule has 0 saturated carbocycles. The molecule has 0 fully saturated rings. The van der Waals surface area contributed by atoms with Crippen LogP contribution in [-0.2, 0) is 13.6 Å². The normalized spacial score (nSPS) is 10.5. The molecule has 6 nitrogen and oxygen atoms in total. The molecule has 0 spiro atoms. The van der Waals surface area contributed by atoms with Crippen molar-refractivity contribution in [3.05, 3.63) is 87.7 Å². The highest BCUT2D eigenvalue weighted by molar-refractivity contribution is 5.93. The largest absolute Gasteiger partial charge is 0.436 e. The quantitative estimate of drug-likeness (QED) is 0.753. The van der Waals surface area contributed by atoms with Gasteiger partial charge in [-0.25, -0.2) is 9.37 Å². The summed E-state index contributed by atoms with van der Waals surface area (Å²) in [5.41, 5.74) is 0.979. The molecule has 0 bridgehead atoms. The van der Waals surface area contributed by atoms with Gasteiger partial charge in [-0.3, -0.25) is 9.59 Å². The van der Waals surface area contributed by atoms with Crippen LogP contribution in [0.3, 0.4) is 0 Å². The zero-order valence-corrected chi connectivity index (χ0v) is 14.9. The minimum absolute atomic E-state index is 0.0381. The van der Waals surface area contributed by atoms with Crippen LogP contribution in [0, 0.1) is 12.7 Å². The predicted molar refractivity (Wildman–Crippen MR) is 98.3 cm³/mol. The molecule has 0 aliphatic carbocycles. The number of pyridine rings is 2. The second-order valence-electron chi connectivity index (χ2n) is 5.94. The Hall–Kier alpha value is -3.48. The first-order valence-electron chi connectivity index (χ1n) is 8.28. The minimum atomic E-state index is -0.513. The molecular weight excluding hydrogens is 349 g/mol. The van der Waals surface area contributed by atoms with E-state index in [0.29, 0.717) is 5.56 Å². The van der Waals surface area contributed by atoms with Gasteiger partial charge in [0.15, 0.2) is 11.6 Å². The van der Waals surface area contributed by atoms with E-state index < -0.39 is 11.7 Å². The summed E-state index contributed by atoms with van der Waals surface area (Å²) in [6, 6.07) is 12.6. The summed E-state index contributed by atoms with van der Waals surface area (Å²) in [5, 5.41) is 2.68. The van der Waals surface area contributed by atoms with E-state index in [9.17, 15) is 14.0 Å². The highest BCUT2D eigenvalue weighted by Crippen LogP contribution is 2.25. The molecule has 7 heteroatoms. The number of hydrogen-bond donors (Lipinski definition) is 1. The van der Waals surface area contributed by atoms with E-state index in [-0.39, 0.29) is 29.3 Å². The third kappa shape index (κ3) is 4.03. The fourth-order valence-electron chi connectivity index (χ4n) is 2.45. The number of halogens is 1. The molecule has 1 N–H and O–H groups in total. The first kappa shape index (κ1) is 18.3. The van der Waals surface area contributed by atoms with E-state index in [4.69, 9.17) is 4.74 Å². The first-order valence-corrected chi connectivity index (χ1v) is 8.28. The molecule has 3 aromatic rings. The summed E-state index contributed by atoms with van der Waals surface area (Å²) in [6.07, 6.45) is 1.51. The number of rotatable bonds is 5. The number of benzene rings is 1. The summed E-state index contributed by atoms with van der Waals surface area (Å²) >= 11 is 0. The van der Waals surface area contributed by atoms with Crippen molar-refractivity contribution in [1.82, 2.24) is 14.9 Å². The maximum absolute atomic E-state index is 13.8. The Bertz CT molecular complexity index is 1050. The number of carbonyl (C=O) groups excluding carboxylic acids is 1. The highest BCUT2D eigenvalue weighted by atomic mass is 19.1. The summed E-state index contributed by atoms with van der Waals surface area (Å²) < 4.78 is 20.7. The maximum atomic E-state index is 13.8. The molecule has 27 heavy (non-hydrogen) atoms. The minimum Gasteiger partial charge on any atom is -0.436 e. The fraction of sp³-hybridized carbons (Fsp3) is 0.150. The Morgan fingerprint density at radius 2 is 1.96 bits per heavy atom. The predicted octanol–water partition coefficient (Wildman–Crippen LogP) is 2.95. The maximum Gasteiger partial charge on any atom is 0.263 e. The second kappa shape index (κ2) is 7.82. The van der Waals surface area contributed by atoms with Gasteiger partial charge in [0, 0.05) is 31.0 Å². The number of aromatic nitrogens is 2. The van der Waals surface area contributed by atoms with Gasteiger partial charge in [0.05, 0.1) is 0 Å². The summed E-state index contributed by atoms with van der Waals surface area (Å²) in [7, 11) is 1.61. The molecule has 2 heterocycles. The van der Waals surface area contributed by atoms with Gasteiger partial charge in [0.1, 0.15) is 5.56 Å². The van der Waals surface area contributed by atoms with Gasteiger partial charge in [-0.1, -0.05) is 18.2 Å². The monoisotopic (exact) mass is 367 g/mol. The average molecular weight is 367 g/mol. The lowest BCUT2D eigenvalue weighted by Crippen LogP contribution is -2.32. The van der Waals surface area contributed by atoms with Gasteiger partial charge in [-0.2, -0.15) is 0 Å². The van der Waals surface area contributed by atoms with Crippen LogP contribution in [0.25, 0.3) is 0 Å². The van der Waals surface area contributed by atoms with Crippen LogP contribution < -0.4 is 15.6 Å². The number of carbonyl (C=O) groups is 1. The first-order chi connectivity index (χ1) is 13.0. The number of nitrogens with one attached hydrogen (secondary N) is 1.